The lowest BCUT2D eigenvalue weighted by Crippen LogP contribution is -3.08. The highest BCUT2D eigenvalue weighted by Gasteiger charge is 2.13. The van der Waals surface area contributed by atoms with Gasteiger partial charge in [0, 0.05) is 11.1 Å². The molecule has 1 atom stereocenters. The van der Waals surface area contributed by atoms with Crippen molar-refractivity contribution in [3.63, 3.8) is 0 Å². The Hall–Kier alpha value is -2.71. The van der Waals surface area contributed by atoms with Crippen molar-refractivity contribution in [1.29, 1.82) is 0 Å². The lowest BCUT2D eigenvalue weighted by molar-refractivity contribution is -0.884. The summed E-state index contributed by atoms with van der Waals surface area (Å²) in [5.41, 5.74) is 4.34. The first-order valence-corrected chi connectivity index (χ1v) is 8.26. The maximum Gasteiger partial charge on any atom is 0.216 e. The number of quaternary nitrogens is 1. The van der Waals surface area contributed by atoms with Crippen molar-refractivity contribution in [3.05, 3.63) is 96.1 Å². The molecule has 2 nitrogen and oxygen atoms in total. The van der Waals surface area contributed by atoms with Crippen LogP contribution in [0.3, 0.4) is 0 Å². The second-order valence-electron chi connectivity index (χ2n) is 6.16. The predicted octanol–water partition coefficient (Wildman–Crippen LogP) is 3.25. The van der Waals surface area contributed by atoms with Crippen LogP contribution in [0.5, 0.6) is 0 Å². The van der Waals surface area contributed by atoms with Gasteiger partial charge in [0.15, 0.2) is 0 Å². The topological polar surface area (TPSA) is 21.5 Å². The maximum absolute atomic E-state index is 12.5. The van der Waals surface area contributed by atoms with E-state index in [0.717, 1.165) is 17.7 Å². The van der Waals surface area contributed by atoms with Gasteiger partial charge in [-0.25, -0.2) is 0 Å². The smallest absolute Gasteiger partial charge is 0.216 e. The van der Waals surface area contributed by atoms with Crippen molar-refractivity contribution in [2.75, 3.05) is 13.6 Å². The maximum atomic E-state index is 12.5. The number of carbonyl (C=O) groups excluding carboxylic acids is 1. The zero-order chi connectivity index (χ0) is 16.8. The summed E-state index contributed by atoms with van der Waals surface area (Å²) >= 11 is 0. The monoisotopic (exact) mass is 316 g/mol. The Morgan fingerprint density at radius 1 is 0.750 bits per heavy atom. The summed E-state index contributed by atoms with van der Waals surface area (Å²) in [6.07, 6.45) is 0. The van der Waals surface area contributed by atoms with E-state index in [0.29, 0.717) is 6.54 Å². The van der Waals surface area contributed by atoms with Crippen LogP contribution >= 0.6 is 0 Å². The molecule has 0 aliphatic heterocycles. The minimum absolute atomic E-state index is 0.183. The van der Waals surface area contributed by atoms with Crippen LogP contribution in [-0.2, 0) is 6.54 Å². The molecule has 0 aromatic heterocycles. The van der Waals surface area contributed by atoms with Crippen LogP contribution in [-0.4, -0.2) is 19.4 Å². The molecular weight excluding hydrogens is 294 g/mol. The molecule has 0 aliphatic rings. The molecule has 0 fully saturated rings. The van der Waals surface area contributed by atoms with Crippen molar-refractivity contribution in [2.24, 2.45) is 0 Å². The first-order chi connectivity index (χ1) is 11.7. The number of rotatable bonds is 6. The first-order valence-electron chi connectivity index (χ1n) is 8.26. The molecular formula is C22H22NO+. The Kier molecular flexibility index (Phi) is 5.19. The van der Waals surface area contributed by atoms with Gasteiger partial charge in [-0.2, -0.15) is 0 Å². The fourth-order valence-corrected chi connectivity index (χ4v) is 2.86. The molecule has 0 bridgehead atoms. The van der Waals surface area contributed by atoms with E-state index in [2.05, 4.69) is 31.3 Å². The highest BCUT2D eigenvalue weighted by atomic mass is 16.1. The molecule has 120 valence electrons. The number of benzene rings is 3. The van der Waals surface area contributed by atoms with E-state index >= 15 is 0 Å². The summed E-state index contributed by atoms with van der Waals surface area (Å²) in [5.74, 6) is 0.183. The Balaban J connectivity index is 1.63. The van der Waals surface area contributed by atoms with Crippen molar-refractivity contribution in [1.82, 2.24) is 0 Å². The zero-order valence-corrected chi connectivity index (χ0v) is 13.9. The Morgan fingerprint density at radius 3 is 1.92 bits per heavy atom. The second-order valence-corrected chi connectivity index (χ2v) is 6.16. The van der Waals surface area contributed by atoms with Crippen LogP contribution in [0.1, 0.15) is 15.9 Å². The van der Waals surface area contributed by atoms with Crippen molar-refractivity contribution < 1.29 is 9.69 Å². The zero-order valence-electron chi connectivity index (χ0n) is 13.9. The lowest BCUT2D eigenvalue weighted by Gasteiger charge is -2.13. The molecule has 2 heteroatoms. The summed E-state index contributed by atoms with van der Waals surface area (Å²) in [7, 11) is 2.06. The molecule has 0 saturated heterocycles. The second kappa shape index (κ2) is 7.71. The molecule has 0 aliphatic carbocycles. The summed E-state index contributed by atoms with van der Waals surface area (Å²) in [6, 6.07) is 28.4. The molecule has 3 aromatic rings. The van der Waals surface area contributed by atoms with Gasteiger partial charge in [-0.05, 0) is 11.1 Å². The molecule has 0 heterocycles. The molecule has 3 aromatic carbocycles. The van der Waals surface area contributed by atoms with Gasteiger partial charge in [-0.1, -0.05) is 84.9 Å². The molecule has 0 spiro atoms. The number of hydrogen-bond donors (Lipinski definition) is 1. The Bertz CT molecular complexity index is 779. The van der Waals surface area contributed by atoms with Crippen LogP contribution < -0.4 is 4.90 Å². The van der Waals surface area contributed by atoms with Crippen molar-refractivity contribution in [2.45, 2.75) is 6.54 Å². The normalized spacial score (nSPS) is 11.9. The highest BCUT2D eigenvalue weighted by molar-refractivity contribution is 5.97. The Labute approximate surface area is 143 Å². The average molecular weight is 316 g/mol. The van der Waals surface area contributed by atoms with Gasteiger partial charge in [-0.15, -0.1) is 0 Å². The van der Waals surface area contributed by atoms with Crippen LogP contribution in [0, 0.1) is 0 Å². The third kappa shape index (κ3) is 4.18. The average Bonchev–Trinajstić information content (AvgIpc) is 2.63. The van der Waals surface area contributed by atoms with Gasteiger partial charge in [0.05, 0.1) is 7.05 Å². The van der Waals surface area contributed by atoms with Crippen LogP contribution in [0.2, 0.25) is 0 Å². The fourth-order valence-electron chi connectivity index (χ4n) is 2.86. The van der Waals surface area contributed by atoms with Gasteiger partial charge < -0.3 is 4.90 Å². The first kappa shape index (κ1) is 16.2. The predicted molar refractivity (Wildman–Crippen MR) is 98.1 cm³/mol. The van der Waals surface area contributed by atoms with Gasteiger partial charge >= 0.3 is 0 Å². The summed E-state index contributed by atoms with van der Waals surface area (Å²) in [5, 5.41) is 0. The van der Waals surface area contributed by atoms with Crippen LogP contribution in [0.15, 0.2) is 84.9 Å². The number of Topliss-reactive ketones (excluding diaryl/α,β-unsaturated/α-hetero) is 1. The number of hydrogen-bond acceptors (Lipinski definition) is 1. The summed E-state index contributed by atoms with van der Waals surface area (Å²) < 4.78 is 0. The van der Waals surface area contributed by atoms with Gasteiger partial charge in [-0.3, -0.25) is 4.79 Å². The Morgan fingerprint density at radius 2 is 1.29 bits per heavy atom. The summed E-state index contributed by atoms with van der Waals surface area (Å²) in [4.78, 5) is 13.7. The van der Waals surface area contributed by atoms with Crippen LogP contribution in [0.4, 0.5) is 0 Å². The highest BCUT2D eigenvalue weighted by Crippen LogP contribution is 2.19. The van der Waals surface area contributed by atoms with Crippen LogP contribution in [0.25, 0.3) is 11.1 Å². The molecule has 1 N–H and O–H groups in total. The van der Waals surface area contributed by atoms with E-state index in [9.17, 15) is 4.79 Å². The minimum Gasteiger partial charge on any atom is -0.327 e. The summed E-state index contributed by atoms with van der Waals surface area (Å²) in [6.45, 7) is 1.36. The largest absolute Gasteiger partial charge is 0.327 e. The van der Waals surface area contributed by atoms with E-state index in [-0.39, 0.29) is 5.78 Å². The van der Waals surface area contributed by atoms with Gasteiger partial charge in [0.1, 0.15) is 13.1 Å². The van der Waals surface area contributed by atoms with E-state index in [1.807, 2.05) is 60.7 Å². The number of nitrogens with one attached hydrogen (secondary N) is 1. The minimum atomic E-state index is 0.183. The number of carbonyl (C=O) groups is 1. The van der Waals surface area contributed by atoms with Gasteiger partial charge in [0.25, 0.3) is 0 Å². The van der Waals surface area contributed by atoms with Crippen molar-refractivity contribution in [3.8, 4) is 11.1 Å². The number of likely N-dealkylation sites (N-methyl/N-ethyl adjacent to an activating group) is 1. The third-order valence-corrected chi connectivity index (χ3v) is 4.13. The number of ketones is 1. The molecule has 0 radical (unpaired) electrons. The quantitative estimate of drug-likeness (QED) is 0.693. The van der Waals surface area contributed by atoms with E-state index in [1.165, 1.54) is 16.0 Å². The van der Waals surface area contributed by atoms with Gasteiger partial charge in [0.2, 0.25) is 5.78 Å². The lowest BCUT2D eigenvalue weighted by atomic mass is 10.0. The fraction of sp³-hybridized carbons (Fsp3) is 0.136. The van der Waals surface area contributed by atoms with Crippen molar-refractivity contribution >= 4 is 5.78 Å². The van der Waals surface area contributed by atoms with E-state index in [1.54, 1.807) is 0 Å². The van der Waals surface area contributed by atoms with E-state index in [4.69, 9.17) is 0 Å². The molecule has 0 amide bonds. The van der Waals surface area contributed by atoms with E-state index < -0.39 is 0 Å². The molecule has 0 saturated carbocycles. The molecule has 1 unspecified atom stereocenters. The SMILES string of the molecule is C[NH+](CC(=O)c1ccc(-c2ccccc2)cc1)Cc1ccccc1. The molecule has 3 rings (SSSR count). The standard InChI is InChI=1S/C22H21NO/c1-23(16-18-8-4-2-5-9-18)17-22(24)21-14-12-20(13-15-21)19-10-6-3-7-11-19/h2-15H,16-17H2,1H3/p+1. The molecule has 24 heavy (non-hydrogen) atoms. The third-order valence-electron chi connectivity index (χ3n) is 4.13.